The second kappa shape index (κ2) is 7.80. The van der Waals surface area contributed by atoms with E-state index in [2.05, 4.69) is 40.7 Å². The lowest BCUT2D eigenvalue weighted by molar-refractivity contribution is -0.244. The fourth-order valence-electron chi connectivity index (χ4n) is 11.0. The molecule has 0 radical (unpaired) electrons. The highest BCUT2D eigenvalue weighted by molar-refractivity contribution is 5.76. The van der Waals surface area contributed by atoms with Crippen LogP contribution in [0.25, 0.3) is 0 Å². The molecule has 12 atom stereocenters. The van der Waals surface area contributed by atoms with Gasteiger partial charge in [0.1, 0.15) is 0 Å². The molecular formula is C30H48O5. The van der Waals surface area contributed by atoms with Crippen molar-refractivity contribution in [2.75, 3.05) is 6.61 Å². The van der Waals surface area contributed by atoms with E-state index >= 15 is 0 Å². The third-order valence-electron chi connectivity index (χ3n) is 13.5. The maximum Gasteiger partial charge on any atom is 0.310 e. The van der Waals surface area contributed by atoms with E-state index in [1.165, 1.54) is 5.57 Å². The summed E-state index contributed by atoms with van der Waals surface area (Å²) in [7, 11) is 0. The lowest BCUT2D eigenvalue weighted by Gasteiger charge is -2.71. The van der Waals surface area contributed by atoms with E-state index in [-0.39, 0.29) is 34.7 Å². The molecule has 5 rings (SSSR count). The Labute approximate surface area is 211 Å². The van der Waals surface area contributed by atoms with Crippen LogP contribution < -0.4 is 0 Å². The molecule has 0 aromatic rings. The van der Waals surface area contributed by atoms with Crippen molar-refractivity contribution in [1.82, 2.24) is 0 Å². The van der Waals surface area contributed by atoms with Crippen molar-refractivity contribution in [3.63, 3.8) is 0 Å². The number of allylic oxidation sites excluding steroid dienone is 2. The maximum atomic E-state index is 12.8. The van der Waals surface area contributed by atoms with E-state index in [4.69, 9.17) is 0 Å². The molecule has 35 heavy (non-hydrogen) atoms. The Hall–Kier alpha value is -0.910. The van der Waals surface area contributed by atoms with Gasteiger partial charge in [-0.1, -0.05) is 53.2 Å². The smallest absolute Gasteiger partial charge is 0.310 e. The van der Waals surface area contributed by atoms with Gasteiger partial charge in [-0.25, -0.2) is 0 Å². The minimum atomic E-state index is -0.907. The number of hydrogen-bond donors (Lipinski definition) is 4. The molecule has 0 unspecified atom stereocenters. The first-order valence-electron chi connectivity index (χ1n) is 14.1. The predicted octanol–water partition coefficient (Wildman–Crippen LogP) is 5.03. The average Bonchev–Trinajstić information content (AvgIpc) is 2.80. The van der Waals surface area contributed by atoms with Crippen LogP contribution in [-0.4, -0.2) is 45.2 Å². The first-order chi connectivity index (χ1) is 16.2. The molecule has 4 fully saturated rings. The highest BCUT2D eigenvalue weighted by Gasteiger charge is 2.70. The lowest BCUT2D eigenvalue weighted by Crippen LogP contribution is -2.68. The second-order valence-electron chi connectivity index (χ2n) is 14.5. The number of carbonyl (C=O) groups is 1. The molecule has 0 heterocycles. The largest absolute Gasteiger partial charge is 0.481 e. The minimum Gasteiger partial charge on any atom is -0.481 e. The third-order valence-corrected chi connectivity index (χ3v) is 13.5. The van der Waals surface area contributed by atoms with Crippen LogP contribution in [0, 0.1) is 56.7 Å². The van der Waals surface area contributed by atoms with Gasteiger partial charge >= 0.3 is 5.97 Å². The topological polar surface area (TPSA) is 98.0 Å². The molecule has 0 saturated heterocycles. The molecule has 0 aromatic heterocycles. The van der Waals surface area contributed by atoms with Crippen LogP contribution in [0.1, 0.15) is 92.9 Å². The monoisotopic (exact) mass is 488 g/mol. The first kappa shape index (κ1) is 25.7. The Morgan fingerprint density at radius 2 is 1.69 bits per heavy atom. The molecule has 0 aliphatic heterocycles. The van der Waals surface area contributed by atoms with Gasteiger partial charge in [-0.2, -0.15) is 0 Å². The Balaban J connectivity index is 1.62. The molecule has 4 N–H and O–H groups in total. The van der Waals surface area contributed by atoms with Gasteiger partial charge in [0.05, 0.1) is 24.2 Å². The van der Waals surface area contributed by atoms with Gasteiger partial charge in [-0.05, 0) is 97.2 Å². The molecule has 5 aliphatic rings. The molecule has 5 aliphatic carbocycles. The third kappa shape index (κ3) is 2.95. The van der Waals surface area contributed by atoms with Crippen molar-refractivity contribution < 1.29 is 25.2 Å². The molecule has 5 nitrogen and oxygen atoms in total. The van der Waals surface area contributed by atoms with Crippen molar-refractivity contribution >= 4 is 5.97 Å². The standard InChI is InChI=1S/C30H48O5/c1-17-9-12-30(25(34)35)14-13-28(5)19(23(30)18(17)2)7-8-22-26(3)15-20(32)24(33)27(4,16-31)21(26)10-11-29(22,28)6/h7,17-18,20-24,31-33H,8-16H2,1-6H3,(H,34,35)/t17-,18-,20+,21+,22-,23-,24+,26-,27+,28+,29+,30-/m1/s1. The normalized spacial score (nSPS) is 57.7. The summed E-state index contributed by atoms with van der Waals surface area (Å²) in [6.45, 7) is 13.6. The molecule has 0 amide bonds. The zero-order valence-corrected chi connectivity index (χ0v) is 22.7. The van der Waals surface area contributed by atoms with Gasteiger partial charge < -0.3 is 20.4 Å². The van der Waals surface area contributed by atoms with Crippen molar-refractivity contribution in [1.29, 1.82) is 0 Å². The molecule has 0 bridgehead atoms. The van der Waals surface area contributed by atoms with E-state index in [9.17, 15) is 25.2 Å². The van der Waals surface area contributed by atoms with E-state index in [0.29, 0.717) is 24.2 Å². The number of aliphatic hydroxyl groups is 3. The van der Waals surface area contributed by atoms with Crippen molar-refractivity contribution in [2.45, 2.75) is 105 Å². The molecular weight excluding hydrogens is 440 g/mol. The van der Waals surface area contributed by atoms with Crippen molar-refractivity contribution in [3.05, 3.63) is 11.6 Å². The molecule has 0 aromatic carbocycles. The van der Waals surface area contributed by atoms with Gasteiger partial charge in [0.25, 0.3) is 0 Å². The van der Waals surface area contributed by atoms with Crippen LogP contribution in [0.2, 0.25) is 0 Å². The Kier molecular flexibility index (Phi) is 5.73. The van der Waals surface area contributed by atoms with Crippen molar-refractivity contribution in [3.8, 4) is 0 Å². The SMILES string of the molecule is C[C@@H]1[C@H](C)CC[C@@]2(C(=O)O)CC[C@@]3(C)C(=CC[C@@H]4[C@]5(C)C[C@H](O)[C@H](O)[C@@](C)(CO)[C@H]5CC[C@@]43C)[C@@H]12. The first-order valence-corrected chi connectivity index (χ1v) is 14.1. The van der Waals surface area contributed by atoms with Crippen LogP contribution in [0.4, 0.5) is 0 Å². The number of carboxylic acids is 1. The predicted molar refractivity (Wildman–Crippen MR) is 135 cm³/mol. The summed E-state index contributed by atoms with van der Waals surface area (Å²) in [6.07, 6.45) is 7.51. The summed E-state index contributed by atoms with van der Waals surface area (Å²) in [4.78, 5) is 12.8. The highest BCUT2D eigenvalue weighted by atomic mass is 16.4. The van der Waals surface area contributed by atoms with E-state index in [1.807, 2.05) is 6.92 Å². The summed E-state index contributed by atoms with van der Waals surface area (Å²) in [5, 5.41) is 42.9. The number of fused-ring (bicyclic) bond motifs is 7. The number of aliphatic carboxylic acids is 1. The fourth-order valence-corrected chi connectivity index (χ4v) is 11.0. The summed E-state index contributed by atoms with van der Waals surface area (Å²) in [6, 6.07) is 0. The summed E-state index contributed by atoms with van der Waals surface area (Å²) < 4.78 is 0. The van der Waals surface area contributed by atoms with Crippen LogP contribution in [0.15, 0.2) is 11.6 Å². The summed E-state index contributed by atoms with van der Waals surface area (Å²) in [5.41, 5.74) is -0.214. The van der Waals surface area contributed by atoms with Crippen LogP contribution >= 0.6 is 0 Å². The Morgan fingerprint density at radius 1 is 1.00 bits per heavy atom. The van der Waals surface area contributed by atoms with E-state index in [1.54, 1.807) is 0 Å². The fraction of sp³-hybridized carbons (Fsp3) is 0.900. The second-order valence-corrected chi connectivity index (χ2v) is 14.5. The van der Waals surface area contributed by atoms with Gasteiger partial charge in [0, 0.05) is 5.41 Å². The Bertz CT molecular complexity index is 930. The maximum absolute atomic E-state index is 12.8. The van der Waals surface area contributed by atoms with Crippen molar-refractivity contribution in [2.24, 2.45) is 56.7 Å². The lowest BCUT2D eigenvalue weighted by atomic mass is 9.33. The van der Waals surface area contributed by atoms with Gasteiger partial charge in [-0.3, -0.25) is 4.79 Å². The van der Waals surface area contributed by atoms with Gasteiger partial charge in [0.15, 0.2) is 0 Å². The molecule has 0 spiro atoms. The summed E-state index contributed by atoms with van der Waals surface area (Å²) in [5.74, 6) is 0.828. The van der Waals surface area contributed by atoms with Crippen LogP contribution in [0.5, 0.6) is 0 Å². The molecule has 5 heteroatoms. The Morgan fingerprint density at radius 3 is 2.31 bits per heavy atom. The average molecular weight is 489 g/mol. The number of aliphatic hydroxyl groups excluding tert-OH is 3. The van der Waals surface area contributed by atoms with Crippen LogP contribution in [-0.2, 0) is 4.79 Å². The number of rotatable bonds is 2. The molecule has 4 saturated carbocycles. The van der Waals surface area contributed by atoms with Crippen LogP contribution in [0.3, 0.4) is 0 Å². The number of carboxylic acid groups (broad SMARTS) is 1. The van der Waals surface area contributed by atoms with E-state index < -0.39 is 29.0 Å². The molecule has 198 valence electrons. The zero-order valence-electron chi connectivity index (χ0n) is 22.7. The number of hydrogen-bond acceptors (Lipinski definition) is 4. The minimum absolute atomic E-state index is 0.00815. The van der Waals surface area contributed by atoms with Gasteiger partial charge in [-0.15, -0.1) is 0 Å². The van der Waals surface area contributed by atoms with E-state index in [0.717, 1.165) is 44.9 Å². The van der Waals surface area contributed by atoms with Gasteiger partial charge in [0.2, 0.25) is 0 Å². The quantitative estimate of drug-likeness (QED) is 0.409. The zero-order chi connectivity index (χ0) is 25.8. The summed E-state index contributed by atoms with van der Waals surface area (Å²) >= 11 is 0. The highest BCUT2D eigenvalue weighted by Crippen LogP contribution is 2.75.